The van der Waals surface area contributed by atoms with E-state index in [2.05, 4.69) is 5.32 Å². The van der Waals surface area contributed by atoms with Gasteiger partial charge in [-0.1, -0.05) is 12.1 Å². The van der Waals surface area contributed by atoms with Crippen LogP contribution in [0.3, 0.4) is 0 Å². The summed E-state index contributed by atoms with van der Waals surface area (Å²) in [4.78, 5) is 11.7. The third kappa shape index (κ3) is 3.29. The van der Waals surface area contributed by atoms with Crippen molar-refractivity contribution < 1.29 is 14.3 Å². The maximum atomic E-state index is 11.7. The zero-order valence-corrected chi connectivity index (χ0v) is 9.89. The Morgan fingerprint density at radius 3 is 3.11 bits per heavy atom. The zero-order chi connectivity index (χ0) is 12.8. The molecule has 1 aromatic rings. The van der Waals surface area contributed by atoms with Gasteiger partial charge in [-0.25, -0.2) is 0 Å². The van der Waals surface area contributed by atoms with Crippen LogP contribution in [-0.4, -0.2) is 31.8 Å². The summed E-state index contributed by atoms with van der Waals surface area (Å²) in [5.41, 5.74) is 0.950. The quantitative estimate of drug-likeness (QED) is 0.869. The van der Waals surface area contributed by atoms with Gasteiger partial charge in [0.05, 0.1) is 24.0 Å². The van der Waals surface area contributed by atoms with Crippen LogP contribution in [0.25, 0.3) is 0 Å². The molecule has 1 aliphatic rings. The van der Waals surface area contributed by atoms with Crippen LogP contribution in [0, 0.1) is 11.3 Å². The highest BCUT2D eigenvalue weighted by atomic mass is 16.5. The lowest BCUT2D eigenvalue weighted by Crippen LogP contribution is -2.23. The summed E-state index contributed by atoms with van der Waals surface area (Å²) in [5.74, 6) is -0.260. The molecule has 0 aliphatic carbocycles. The van der Waals surface area contributed by atoms with E-state index in [1.165, 1.54) is 0 Å². The Labute approximate surface area is 105 Å². The molecule has 1 fully saturated rings. The molecule has 5 heteroatoms. The number of benzene rings is 1. The first-order valence-electron chi connectivity index (χ1n) is 5.78. The number of carbonyl (C=O) groups excluding carboxylic acids is 1. The Hall–Kier alpha value is -1.90. The molecule has 18 heavy (non-hydrogen) atoms. The van der Waals surface area contributed by atoms with Gasteiger partial charge in [-0.05, 0) is 18.6 Å². The lowest BCUT2D eigenvalue weighted by atomic mass is 10.2. The van der Waals surface area contributed by atoms with E-state index in [1.807, 2.05) is 6.07 Å². The van der Waals surface area contributed by atoms with Crippen molar-refractivity contribution >= 4 is 11.6 Å². The normalized spacial score (nSPS) is 18.3. The maximum Gasteiger partial charge on any atom is 0.250 e. The van der Waals surface area contributed by atoms with E-state index in [9.17, 15) is 4.79 Å². The van der Waals surface area contributed by atoms with E-state index in [-0.39, 0.29) is 18.6 Å². The van der Waals surface area contributed by atoms with Crippen molar-refractivity contribution in [3.63, 3.8) is 0 Å². The second kappa shape index (κ2) is 6.15. The SMILES string of the molecule is N#Cc1ccccc1NC(=O)COC1CCOC1. The van der Waals surface area contributed by atoms with E-state index < -0.39 is 0 Å². The van der Waals surface area contributed by atoms with Crippen LogP contribution in [0.15, 0.2) is 24.3 Å². The Bertz CT molecular complexity index is 462. The molecule has 94 valence electrons. The van der Waals surface area contributed by atoms with Gasteiger partial charge >= 0.3 is 0 Å². The van der Waals surface area contributed by atoms with Gasteiger partial charge in [-0.2, -0.15) is 5.26 Å². The summed E-state index contributed by atoms with van der Waals surface area (Å²) >= 11 is 0. The smallest absolute Gasteiger partial charge is 0.250 e. The molecule has 1 aromatic carbocycles. The number of nitrogens with zero attached hydrogens (tertiary/aromatic N) is 1. The summed E-state index contributed by atoms with van der Waals surface area (Å²) in [6.07, 6.45) is 0.823. The predicted molar refractivity (Wildman–Crippen MR) is 65.0 cm³/mol. The lowest BCUT2D eigenvalue weighted by molar-refractivity contribution is -0.122. The molecule has 0 bridgehead atoms. The second-order valence-corrected chi connectivity index (χ2v) is 4.00. The molecule has 1 atom stereocenters. The minimum atomic E-state index is -0.260. The van der Waals surface area contributed by atoms with Crippen LogP contribution < -0.4 is 5.32 Å². The standard InChI is InChI=1S/C13H14N2O3/c14-7-10-3-1-2-4-12(10)15-13(16)9-18-11-5-6-17-8-11/h1-4,11H,5-6,8-9H2,(H,15,16). The minimum absolute atomic E-state index is 0.00182. The fourth-order valence-corrected chi connectivity index (χ4v) is 1.71. The molecule has 0 saturated carbocycles. The maximum absolute atomic E-state index is 11.7. The molecule has 1 N–H and O–H groups in total. The van der Waals surface area contributed by atoms with E-state index in [4.69, 9.17) is 14.7 Å². The minimum Gasteiger partial charge on any atom is -0.379 e. The Balaban J connectivity index is 1.85. The molecule has 1 heterocycles. The van der Waals surface area contributed by atoms with Crippen LogP contribution in [0.4, 0.5) is 5.69 Å². The van der Waals surface area contributed by atoms with Crippen molar-refractivity contribution in [1.29, 1.82) is 5.26 Å². The molecule has 1 unspecified atom stereocenters. The number of nitriles is 1. The first-order chi connectivity index (χ1) is 8.79. The topological polar surface area (TPSA) is 71.4 Å². The number of ether oxygens (including phenoxy) is 2. The average Bonchev–Trinajstić information content (AvgIpc) is 2.90. The van der Waals surface area contributed by atoms with Crippen molar-refractivity contribution in [3.05, 3.63) is 29.8 Å². The monoisotopic (exact) mass is 246 g/mol. The molecule has 2 rings (SSSR count). The van der Waals surface area contributed by atoms with Gasteiger partial charge < -0.3 is 14.8 Å². The van der Waals surface area contributed by atoms with Gasteiger partial charge in [0.15, 0.2) is 0 Å². The summed E-state index contributed by atoms with van der Waals surface area (Å²) in [6, 6.07) is 8.88. The van der Waals surface area contributed by atoms with Gasteiger partial charge in [0.25, 0.3) is 0 Å². The van der Waals surface area contributed by atoms with Crippen LogP contribution in [0.2, 0.25) is 0 Å². The van der Waals surface area contributed by atoms with E-state index in [0.29, 0.717) is 24.5 Å². The first kappa shape index (κ1) is 12.6. The first-order valence-corrected chi connectivity index (χ1v) is 5.78. The fraction of sp³-hybridized carbons (Fsp3) is 0.385. The fourth-order valence-electron chi connectivity index (χ4n) is 1.71. The molecular formula is C13H14N2O3. The summed E-state index contributed by atoms with van der Waals surface area (Å²) < 4.78 is 10.5. The van der Waals surface area contributed by atoms with Crippen LogP contribution >= 0.6 is 0 Å². The third-order valence-electron chi connectivity index (χ3n) is 2.66. The number of nitrogens with one attached hydrogen (secondary N) is 1. The number of para-hydroxylation sites is 1. The molecule has 1 saturated heterocycles. The third-order valence-corrected chi connectivity index (χ3v) is 2.66. The molecule has 0 radical (unpaired) electrons. The van der Waals surface area contributed by atoms with E-state index >= 15 is 0 Å². The largest absolute Gasteiger partial charge is 0.379 e. The Morgan fingerprint density at radius 1 is 1.56 bits per heavy atom. The van der Waals surface area contributed by atoms with Gasteiger partial charge in [-0.15, -0.1) is 0 Å². The number of rotatable bonds is 4. The van der Waals surface area contributed by atoms with Crippen molar-refractivity contribution in [1.82, 2.24) is 0 Å². The number of carbonyl (C=O) groups is 1. The highest BCUT2D eigenvalue weighted by Crippen LogP contribution is 2.13. The molecule has 1 aliphatic heterocycles. The van der Waals surface area contributed by atoms with Crippen LogP contribution in [-0.2, 0) is 14.3 Å². The number of hydrogen-bond donors (Lipinski definition) is 1. The summed E-state index contributed by atoms with van der Waals surface area (Å²) in [5, 5.41) is 11.5. The zero-order valence-electron chi connectivity index (χ0n) is 9.89. The van der Waals surface area contributed by atoms with Crippen molar-refractivity contribution in [2.24, 2.45) is 0 Å². The molecule has 0 spiro atoms. The van der Waals surface area contributed by atoms with E-state index in [0.717, 1.165) is 6.42 Å². The van der Waals surface area contributed by atoms with Crippen molar-refractivity contribution in [2.75, 3.05) is 25.1 Å². The lowest BCUT2D eigenvalue weighted by Gasteiger charge is -2.10. The Kier molecular flexibility index (Phi) is 4.29. The van der Waals surface area contributed by atoms with Gasteiger partial charge in [0.1, 0.15) is 12.7 Å². The molecule has 1 amide bonds. The Morgan fingerprint density at radius 2 is 2.39 bits per heavy atom. The van der Waals surface area contributed by atoms with Crippen LogP contribution in [0.5, 0.6) is 0 Å². The summed E-state index contributed by atoms with van der Waals surface area (Å²) in [6.45, 7) is 1.21. The van der Waals surface area contributed by atoms with Crippen LogP contribution in [0.1, 0.15) is 12.0 Å². The number of amides is 1. The predicted octanol–water partition coefficient (Wildman–Crippen LogP) is 1.30. The molecule has 5 nitrogen and oxygen atoms in total. The average molecular weight is 246 g/mol. The second-order valence-electron chi connectivity index (χ2n) is 4.00. The van der Waals surface area contributed by atoms with Crippen molar-refractivity contribution in [3.8, 4) is 6.07 Å². The van der Waals surface area contributed by atoms with Crippen molar-refractivity contribution in [2.45, 2.75) is 12.5 Å². The summed E-state index contributed by atoms with van der Waals surface area (Å²) in [7, 11) is 0. The van der Waals surface area contributed by atoms with Gasteiger partial charge in [0.2, 0.25) is 5.91 Å². The van der Waals surface area contributed by atoms with E-state index in [1.54, 1.807) is 24.3 Å². The molecular weight excluding hydrogens is 232 g/mol. The highest BCUT2D eigenvalue weighted by molar-refractivity contribution is 5.92. The number of anilines is 1. The van der Waals surface area contributed by atoms with Gasteiger partial charge in [0, 0.05) is 6.61 Å². The van der Waals surface area contributed by atoms with Gasteiger partial charge in [-0.3, -0.25) is 4.79 Å². The highest BCUT2D eigenvalue weighted by Gasteiger charge is 2.17. The number of hydrogen-bond acceptors (Lipinski definition) is 4. The molecule has 0 aromatic heterocycles.